The molecule has 4 bridgehead atoms. The van der Waals surface area contributed by atoms with Crippen molar-refractivity contribution in [1.29, 1.82) is 0 Å². The number of carbonyl (C=O) groups excluding carboxylic acids is 2. The van der Waals surface area contributed by atoms with Crippen molar-refractivity contribution in [3.63, 3.8) is 0 Å². The monoisotopic (exact) mass is 374 g/mol. The first-order chi connectivity index (χ1) is 12.8. The highest BCUT2D eigenvalue weighted by atomic mass is 16.5. The second-order valence-electron chi connectivity index (χ2n) is 11.0. The molecule has 5 heteroatoms. The van der Waals surface area contributed by atoms with Crippen molar-refractivity contribution < 1.29 is 14.3 Å². The number of piperazine rings is 1. The van der Waals surface area contributed by atoms with Crippen LogP contribution in [0.5, 0.6) is 0 Å². The third-order valence-corrected chi connectivity index (χ3v) is 8.16. The maximum absolute atomic E-state index is 13.7. The number of carbonyl (C=O) groups is 2. The molecule has 0 aromatic rings. The summed E-state index contributed by atoms with van der Waals surface area (Å²) in [4.78, 5) is 30.2. The van der Waals surface area contributed by atoms with E-state index in [1.54, 1.807) is 0 Å². The van der Waals surface area contributed by atoms with Gasteiger partial charge in [-0.25, -0.2) is 0 Å². The smallest absolute Gasteiger partial charge is 0.251 e. The molecular formula is C22H34N2O3. The highest BCUT2D eigenvalue weighted by molar-refractivity contribution is 5.85. The molecule has 0 N–H and O–H groups in total. The van der Waals surface area contributed by atoms with Gasteiger partial charge in [-0.15, -0.1) is 0 Å². The van der Waals surface area contributed by atoms with E-state index in [0.29, 0.717) is 49.5 Å². The standard InChI is InChI=1S/C22H34N2O3/c1-20-10-16-11-21(2,13-20)15-22(12-16,14-20)19(26)24-7-5-23(6-8-24)18(25)17-4-3-9-27-17/h16-17H,3-15H2,1-2H3/t16?,17-,20-,21+,22?/m1/s1. The first kappa shape index (κ1) is 18.0. The number of rotatable bonds is 2. The highest BCUT2D eigenvalue weighted by Gasteiger charge is 2.63. The summed E-state index contributed by atoms with van der Waals surface area (Å²) < 4.78 is 5.56. The molecule has 2 heterocycles. The van der Waals surface area contributed by atoms with Crippen molar-refractivity contribution in [1.82, 2.24) is 9.80 Å². The first-order valence-corrected chi connectivity index (χ1v) is 11.0. The summed E-state index contributed by atoms with van der Waals surface area (Å²) in [5.74, 6) is 1.27. The minimum absolute atomic E-state index is 0.121. The average molecular weight is 375 g/mol. The molecule has 6 aliphatic rings. The van der Waals surface area contributed by atoms with Crippen LogP contribution in [0.4, 0.5) is 0 Å². The van der Waals surface area contributed by atoms with Gasteiger partial charge < -0.3 is 14.5 Å². The number of amides is 2. The van der Waals surface area contributed by atoms with Crippen molar-refractivity contribution in [2.75, 3.05) is 32.8 Å². The molecule has 2 aliphatic heterocycles. The van der Waals surface area contributed by atoms with Crippen molar-refractivity contribution in [3.8, 4) is 0 Å². The Bertz CT molecular complexity index is 630. The summed E-state index contributed by atoms with van der Waals surface area (Å²) in [5, 5.41) is 0. The average Bonchev–Trinajstić information content (AvgIpc) is 3.12. The third kappa shape index (κ3) is 2.92. The van der Waals surface area contributed by atoms with Gasteiger partial charge in [-0.05, 0) is 68.1 Å². The van der Waals surface area contributed by atoms with Gasteiger partial charge in [0, 0.05) is 32.8 Å². The minimum atomic E-state index is -0.240. The Labute approximate surface area is 162 Å². The second-order valence-corrected chi connectivity index (χ2v) is 11.0. The lowest BCUT2D eigenvalue weighted by Gasteiger charge is -2.65. The van der Waals surface area contributed by atoms with Crippen LogP contribution in [0, 0.1) is 22.2 Å². The molecule has 2 saturated heterocycles. The van der Waals surface area contributed by atoms with Crippen LogP contribution < -0.4 is 0 Å². The zero-order valence-corrected chi connectivity index (χ0v) is 17.0. The van der Waals surface area contributed by atoms with Gasteiger partial charge in [-0.2, -0.15) is 0 Å². The molecule has 2 unspecified atom stereocenters. The van der Waals surface area contributed by atoms with Crippen molar-refractivity contribution in [3.05, 3.63) is 0 Å². The predicted molar refractivity (Wildman–Crippen MR) is 102 cm³/mol. The van der Waals surface area contributed by atoms with Gasteiger partial charge in [0.25, 0.3) is 5.91 Å². The van der Waals surface area contributed by atoms with Crippen LogP contribution in [0.2, 0.25) is 0 Å². The molecule has 0 aromatic heterocycles. The van der Waals surface area contributed by atoms with Crippen LogP contribution in [0.25, 0.3) is 0 Å². The molecule has 5 nitrogen and oxygen atoms in total. The van der Waals surface area contributed by atoms with Crippen molar-refractivity contribution in [2.45, 2.75) is 71.3 Å². The molecular weight excluding hydrogens is 340 g/mol. The summed E-state index contributed by atoms with van der Waals surface area (Å²) >= 11 is 0. The lowest BCUT2D eigenvalue weighted by Crippen LogP contribution is -2.62. The van der Waals surface area contributed by atoms with Gasteiger partial charge in [0.05, 0.1) is 5.41 Å². The van der Waals surface area contributed by atoms with Gasteiger partial charge >= 0.3 is 0 Å². The maximum Gasteiger partial charge on any atom is 0.251 e. The van der Waals surface area contributed by atoms with E-state index in [9.17, 15) is 9.59 Å². The topological polar surface area (TPSA) is 49.9 Å². The summed E-state index contributed by atoms with van der Waals surface area (Å²) in [5.41, 5.74) is 0.604. The largest absolute Gasteiger partial charge is 0.368 e. The third-order valence-electron chi connectivity index (χ3n) is 8.16. The van der Waals surface area contributed by atoms with E-state index in [1.165, 1.54) is 19.3 Å². The van der Waals surface area contributed by atoms with E-state index >= 15 is 0 Å². The second kappa shape index (κ2) is 5.95. The number of nitrogens with zero attached hydrogens (tertiary/aromatic N) is 2. The lowest BCUT2D eigenvalue weighted by molar-refractivity contribution is -0.181. The van der Waals surface area contributed by atoms with Gasteiger partial charge in [-0.3, -0.25) is 9.59 Å². The van der Waals surface area contributed by atoms with Crippen LogP contribution in [0.1, 0.15) is 65.2 Å². The molecule has 6 fully saturated rings. The van der Waals surface area contributed by atoms with Crippen molar-refractivity contribution in [2.24, 2.45) is 22.2 Å². The van der Waals surface area contributed by atoms with E-state index in [-0.39, 0.29) is 17.4 Å². The fraction of sp³-hybridized carbons (Fsp3) is 0.909. The van der Waals surface area contributed by atoms with Crippen LogP contribution in [0.3, 0.4) is 0 Å². The Balaban J connectivity index is 1.26. The van der Waals surface area contributed by atoms with Gasteiger partial charge in [0.15, 0.2) is 0 Å². The fourth-order valence-corrected chi connectivity index (χ4v) is 8.13. The first-order valence-electron chi connectivity index (χ1n) is 11.0. The van der Waals surface area contributed by atoms with E-state index < -0.39 is 0 Å². The van der Waals surface area contributed by atoms with Crippen molar-refractivity contribution >= 4 is 11.8 Å². The van der Waals surface area contributed by atoms with Gasteiger partial charge in [0.1, 0.15) is 6.10 Å². The molecule has 4 aliphatic carbocycles. The molecule has 2 amide bonds. The molecule has 0 radical (unpaired) electrons. The molecule has 27 heavy (non-hydrogen) atoms. The maximum atomic E-state index is 13.7. The number of hydrogen-bond acceptors (Lipinski definition) is 3. The molecule has 4 saturated carbocycles. The molecule has 0 spiro atoms. The summed E-state index contributed by atoms with van der Waals surface area (Å²) in [6.45, 7) is 8.27. The Kier molecular flexibility index (Phi) is 3.96. The zero-order valence-electron chi connectivity index (χ0n) is 17.0. The summed E-state index contributed by atoms with van der Waals surface area (Å²) in [6.07, 6.45) is 8.80. The minimum Gasteiger partial charge on any atom is -0.368 e. The highest BCUT2D eigenvalue weighted by Crippen LogP contribution is 2.69. The Morgan fingerprint density at radius 2 is 1.52 bits per heavy atom. The Morgan fingerprint density at radius 3 is 2.07 bits per heavy atom. The van der Waals surface area contributed by atoms with E-state index in [1.807, 2.05) is 4.90 Å². The van der Waals surface area contributed by atoms with E-state index in [2.05, 4.69) is 18.7 Å². The van der Waals surface area contributed by atoms with Crippen LogP contribution in [-0.4, -0.2) is 60.5 Å². The summed E-state index contributed by atoms with van der Waals surface area (Å²) in [6, 6.07) is 0. The quantitative estimate of drug-likeness (QED) is 0.747. The van der Waals surface area contributed by atoms with Gasteiger partial charge in [-0.1, -0.05) is 13.8 Å². The van der Waals surface area contributed by atoms with Gasteiger partial charge in [0.2, 0.25) is 5.91 Å². The number of hydrogen-bond donors (Lipinski definition) is 0. The zero-order chi connectivity index (χ0) is 18.9. The van der Waals surface area contributed by atoms with Crippen LogP contribution in [-0.2, 0) is 14.3 Å². The van der Waals surface area contributed by atoms with Crippen LogP contribution in [0.15, 0.2) is 0 Å². The normalized spacial score (nSPS) is 46.1. The molecule has 150 valence electrons. The molecule has 5 atom stereocenters. The number of ether oxygens (including phenoxy) is 1. The van der Waals surface area contributed by atoms with E-state index in [4.69, 9.17) is 4.74 Å². The molecule has 6 rings (SSSR count). The fourth-order valence-electron chi connectivity index (χ4n) is 8.13. The predicted octanol–water partition coefficient (Wildman–Crippen LogP) is 2.83. The SMILES string of the molecule is C[C@]12CC3CC(C(=O)N4CCN(C(=O)[C@H]5CCCO5)CC4)(C1)C[C@@](C)(C3)C2. The van der Waals surface area contributed by atoms with E-state index in [0.717, 1.165) is 38.0 Å². The Morgan fingerprint density at radius 1 is 0.889 bits per heavy atom. The van der Waals surface area contributed by atoms with Crippen LogP contribution >= 0.6 is 0 Å². The Hall–Kier alpha value is -1.10. The molecule has 0 aromatic carbocycles. The lowest BCUT2D eigenvalue weighted by atomic mass is 9.40. The summed E-state index contributed by atoms with van der Waals surface area (Å²) in [7, 11) is 0.